The van der Waals surface area contributed by atoms with Crippen molar-refractivity contribution in [1.82, 2.24) is 0 Å². The first-order valence-electron chi connectivity index (χ1n) is 0. The van der Waals surface area contributed by atoms with Crippen LogP contribution in [0, 0.1) is 0 Å². The molecule has 0 saturated heterocycles. The normalized spacial score (nSPS) is 0. The zero-order valence-corrected chi connectivity index (χ0v) is 63.0. The molecule has 0 saturated carbocycles. The van der Waals surface area contributed by atoms with Crippen LogP contribution in [-0.4, -0.2) is 5.48 Å². The van der Waals surface area contributed by atoms with Gasteiger partial charge >= 0.3 is 0 Å². The van der Waals surface area contributed by atoms with Gasteiger partial charge in [0.05, 0.1) is 0 Å². The van der Waals surface area contributed by atoms with E-state index < -0.39 is 0 Å². The zero-order chi connectivity index (χ0) is 0. The fraction of sp³-hybridized carbons (Fsp3) is 0. The molecule has 0 aliphatic heterocycles. The van der Waals surface area contributed by atoms with Gasteiger partial charge < -0.3 is 5.48 Å². The van der Waals surface area contributed by atoms with Gasteiger partial charge in [-0.2, -0.15) is 0 Å². The van der Waals surface area contributed by atoms with E-state index in [0.29, 0.717) is 0 Å². The Labute approximate surface area is 328 Å². The first-order chi connectivity index (χ1) is 0. The maximum Gasteiger partial charge on any atom is 0 e. The summed E-state index contributed by atoms with van der Waals surface area (Å²) < 4.78 is 0. The van der Waals surface area contributed by atoms with E-state index >= 15 is 0 Å². The summed E-state index contributed by atoms with van der Waals surface area (Å²) in [6.07, 6.45) is 0. The summed E-state index contributed by atoms with van der Waals surface area (Å²) in [4.78, 5) is 0. The molecule has 0 atom stereocenters. The third-order valence-electron chi connectivity index (χ3n) is 0. The number of hydrogen-bond donors (Lipinski definition) is 0. The molecule has 0 heterocycles. The predicted molar refractivity (Wildman–Crippen MR) is 3.61 cm³/mol. The second-order valence-corrected chi connectivity index (χ2v) is 0. The van der Waals surface area contributed by atoms with Crippen molar-refractivity contribution < 1.29 is 337 Å². The van der Waals surface area contributed by atoms with Crippen molar-refractivity contribution in [2.75, 3.05) is 0 Å². The average Bonchev–Trinajstić information content (AvgIpc) is 0. The standard InChI is InChI=1S/H2O.17Zn/h1H2;;;;;;;;;;;;;;;;;. The Hall–Kier alpha value is 10.6. The molecule has 18 heteroatoms. The van der Waals surface area contributed by atoms with E-state index in [1.54, 1.807) is 0 Å². The molecule has 0 aromatic rings. The minimum Gasteiger partial charge on any atom is -0.412 e. The van der Waals surface area contributed by atoms with Gasteiger partial charge in [-0.25, -0.2) is 0 Å². The van der Waals surface area contributed by atoms with E-state index in [2.05, 4.69) is 0 Å². The fourth-order valence-corrected chi connectivity index (χ4v) is 0. The topological polar surface area (TPSA) is 31.5 Å². The summed E-state index contributed by atoms with van der Waals surface area (Å²) in [6, 6.07) is 0. The maximum absolute atomic E-state index is 0. The molecule has 0 radical (unpaired) electrons. The molecule has 2 N–H and O–H groups in total. The molecule has 1 nitrogen and oxygen atoms in total. The molecule has 0 amide bonds. The minimum atomic E-state index is 0. The van der Waals surface area contributed by atoms with Crippen molar-refractivity contribution in [1.29, 1.82) is 0 Å². The maximum atomic E-state index is 0. The molecular formula is H2OZn17. The van der Waals surface area contributed by atoms with Crippen molar-refractivity contribution in [3.8, 4) is 0 Å². The Morgan fingerprint density at radius 2 is 0.111 bits per heavy atom. The molecule has 0 aromatic heterocycles. The van der Waals surface area contributed by atoms with Crippen LogP contribution in [0.25, 0.3) is 0 Å². The number of hydrogen-bond acceptors (Lipinski definition) is 0. The van der Waals surface area contributed by atoms with Crippen molar-refractivity contribution in [2.45, 2.75) is 0 Å². The van der Waals surface area contributed by atoms with Crippen LogP contribution in [-0.2, 0) is 331 Å². The Morgan fingerprint density at radius 1 is 0.111 bits per heavy atom. The van der Waals surface area contributed by atoms with Crippen LogP contribution in [0.1, 0.15) is 0 Å². The summed E-state index contributed by atoms with van der Waals surface area (Å²) in [5.74, 6) is 0. The minimum absolute atomic E-state index is 0. The third-order valence-corrected chi connectivity index (χ3v) is 0. The third kappa shape index (κ3) is 156. The zero-order valence-electron chi connectivity index (χ0n) is 12.5. The Kier molecular flexibility index (Phi) is 1880. The van der Waals surface area contributed by atoms with Crippen LogP contribution < -0.4 is 0 Å². The van der Waals surface area contributed by atoms with Crippen LogP contribution in [0.4, 0.5) is 0 Å². The fourth-order valence-electron chi connectivity index (χ4n) is 0. The van der Waals surface area contributed by atoms with Gasteiger partial charge in [-0.05, 0) is 0 Å². The van der Waals surface area contributed by atoms with Crippen molar-refractivity contribution in [3.63, 3.8) is 0 Å². The van der Waals surface area contributed by atoms with Gasteiger partial charge in [0, 0.05) is 331 Å². The van der Waals surface area contributed by atoms with E-state index in [-0.39, 0.29) is 337 Å². The number of rotatable bonds is 0. The van der Waals surface area contributed by atoms with Gasteiger partial charge in [0.25, 0.3) is 0 Å². The molecule has 0 aliphatic rings. The smallest absolute Gasteiger partial charge is 0 e. The van der Waals surface area contributed by atoms with Crippen LogP contribution in [0.5, 0.6) is 0 Å². The van der Waals surface area contributed by atoms with Gasteiger partial charge in [-0.1, -0.05) is 0 Å². The molecule has 0 fully saturated rings. The monoisotopic (exact) mass is 1100 g/mol. The van der Waals surface area contributed by atoms with E-state index in [1.807, 2.05) is 0 Å². The van der Waals surface area contributed by atoms with Gasteiger partial charge in [-0.3, -0.25) is 0 Å². The molecular weight excluding hydrogens is 1130 g/mol. The van der Waals surface area contributed by atoms with Crippen LogP contribution in [0.3, 0.4) is 0 Å². The molecule has 0 unspecified atom stereocenters. The summed E-state index contributed by atoms with van der Waals surface area (Å²) in [5.41, 5.74) is 0. The van der Waals surface area contributed by atoms with Crippen LogP contribution >= 0.6 is 0 Å². The average molecular weight is 1130 g/mol. The van der Waals surface area contributed by atoms with Crippen LogP contribution in [0.2, 0.25) is 0 Å². The van der Waals surface area contributed by atoms with Gasteiger partial charge in [-0.15, -0.1) is 0 Å². The Morgan fingerprint density at radius 3 is 0.111 bits per heavy atom. The van der Waals surface area contributed by atoms with Crippen molar-refractivity contribution in [3.05, 3.63) is 0 Å². The second kappa shape index (κ2) is 174. The summed E-state index contributed by atoms with van der Waals surface area (Å²) >= 11 is 0. The van der Waals surface area contributed by atoms with Gasteiger partial charge in [0.15, 0.2) is 0 Å². The first kappa shape index (κ1) is 195. The quantitative estimate of drug-likeness (QED) is 0.284. The first-order valence-corrected chi connectivity index (χ1v) is 0. The molecule has 18 heavy (non-hydrogen) atoms. The summed E-state index contributed by atoms with van der Waals surface area (Å²) in [7, 11) is 0. The predicted octanol–water partition coefficient (Wildman–Crippen LogP) is -0.867. The Balaban J connectivity index is 0. The summed E-state index contributed by atoms with van der Waals surface area (Å²) in [6.45, 7) is 0. The van der Waals surface area contributed by atoms with E-state index in [0.717, 1.165) is 0 Å². The van der Waals surface area contributed by atoms with Gasteiger partial charge in [0.2, 0.25) is 0 Å². The van der Waals surface area contributed by atoms with E-state index in [1.165, 1.54) is 0 Å². The molecule has 0 spiro atoms. The van der Waals surface area contributed by atoms with Crippen molar-refractivity contribution >= 4 is 0 Å². The van der Waals surface area contributed by atoms with Crippen LogP contribution in [0.15, 0.2) is 0 Å². The van der Waals surface area contributed by atoms with Gasteiger partial charge in [0.1, 0.15) is 0 Å². The SMILES string of the molecule is O.[Zn].[Zn].[Zn].[Zn].[Zn].[Zn].[Zn].[Zn].[Zn].[Zn].[Zn].[Zn].[Zn].[Zn].[Zn].[Zn].[Zn]. The second-order valence-electron chi connectivity index (χ2n) is 0. The largest absolute Gasteiger partial charge is 0.412 e. The molecule has 0 rings (SSSR count). The van der Waals surface area contributed by atoms with Crippen molar-refractivity contribution in [2.24, 2.45) is 0 Å². The molecule has 0 aliphatic carbocycles. The molecule has 42 valence electrons. The summed E-state index contributed by atoms with van der Waals surface area (Å²) in [5, 5.41) is 0. The van der Waals surface area contributed by atoms with E-state index in [4.69, 9.17) is 0 Å². The molecule has 0 bridgehead atoms. The van der Waals surface area contributed by atoms with E-state index in [9.17, 15) is 0 Å². The molecule has 0 aromatic carbocycles. The Bertz CT molecular complexity index is 5.57.